The maximum absolute atomic E-state index is 13.0. The Hall–Kier alpha value is -1.62. The molecule has 142 valence electrons. The van der Waals surface area contributed by atoms with Gasteiger partial charge in [-0.2, -0.15) is 9.65 Å². The van der Waals surface area contributed by atoms with Gasteiger partial charge in [-0.15, -0.1) is 0 Å². The molecule has 1 aliphatic carbocycles. The summed E-state index contributed by atoms with van der Waals surface area (Å²) in [5, 5.41) is 8.52. The van der Waals surface area contributed by atoms with Gasteiger partial charge in [-0.25, -0.2) is 0 Å². The molecule has 2 rings (SSSR count). The van der Waals surface area contributed by atoms with Crippen LogP contribution in [0.3, 0.4) is 0 Å². The number of aryl methyl sites for hydroxylation is 2. The molecule has 0 radical (unpaired) electrons. The molecule has 1 aromatic rings. The summed E-state index contributed by atoms with van der Waals surface area (Å²) in [6.45, 7) is 2.25. The highest BCUT2D eigenvalue weighted by atomic mass is 19.1. The van der Waals surface area contributed by atoms with Crippen molar-refractivity contribution in [1.29, 1.82) is 5.26 Å². The first-order valence-electron chi connectivity index (χ1n) is 10.6. The second-order valence-electron chi connectivity index (χ2n) is 7.93. The topological polar surface area (TPSA) is 23.8 Å². The van der Waals surface area contributed by atoms with Crippen LogP contribution < -0.4 is 0 Å². The predicted molar refractivity (Wildman–Crippen MR) is 107 cm³/mol. The monoisotopic (exact) mass is 355 g/mol. The average Bonchev–Trinajstić information content (AvgIpc) is 2.67. The Morgan fingerprint density at radius 1 is 1.00 bits per heavy atom. The van der Waals surface area contributed by atoms with E-state index in [4.69, 9.17) is 5.26 Å². The van der Waals surface area contributed by atoms with E-state index in [1.807, 2.05) is 0 Å². The van der Waals surface area contributed by atoms with E-state index < -0.39 is 5.83 Å². The largest absolute Gasteiger partial charge is 0.196 e. The summed E-state index contributed by atoms with van der Waals surface area (Å²) < 4.78 is 13.0. The van der Waals surface area contributed by atoms with Crippen LogP contribution in [-0.4, -0.2) is 0 Å². The zero-order valence-electron chi connectivity index (χ0n) is 16.4. The summed E-state index contributed by atoms with van der Waals surface area (Å²) in [4.78, 5) is 0. The summed E-state index contributed by atoms with van der Waals surface area (Å²) in [7, 11) is 0. The molecule has 0 aromatic heterocycles. The number of rotatable bonds is 10. The summed E-state index contributed by atoms with van der Waals surface area (Å²) in [6.07, 6.45) is 16.1. The molecule has 0 aliphatic heterocycles. The Balaban J connectivity index is 1.59. The lowest BCUT2D eigenvalue weighted by molar-refractivity contribution is 0.288. The molecule has 0 atom stereocenters. The number of benzene rings is 1. The Kier molecular flexibility index (Phi) is 9.46. The van der Waals surface area contributed by atoms with Crippen molar-refractivity contribution in [2.24, 2.45) is 11.8 Å². The van der Waals surface area contributed by atoms with Crippen LogP contribution in [0.4, 0.5) is 4.39 Å². The fourth-order valence-corrected chi connectivity index (χ4v) is 4.10. The average molecular weight is 356 g/mol. The maximum atomic E-state index is 13.0. The van der Waals surface area contributed by atoms with E-state index >= 15 is 0 Å². The van der Waals surface area contributed by atoms with Gasteiger partial charge in [0.1, 0.15) is 6.07 Å². The fourth-order valence-electron chi connectivity index (χ4n) is 4.10. The highest BCUT2D eigenvalue weighted by molar-refractivity contribution is 5.22. The number of halogens is 1. The van der Waals surface area contributed by atoms with Crippen molar-refractivity contribution in [1.82, 2.24) is 0 Å². The van der Waals surface area contributed by atoms with Crippen LogP contribution in [0.15, 0.2) is 36.2 Å². The third-order valence-corrected chi connectivity index (χ3v) is 5.80. The Bertz CT molecular complexity index is 573. The number of nitrogens with zero attached hydrogens (tertiary/aromatic N) is 1. The number of unbranched alkanes of at least 4 members (excludes halogenated alkanes) is 3. The van der Waals surface area contributed by atoms with Gasteiger partial charge in [0.25, 0.3) is 0 Å². The first kappa shape index (κ1) is 20.7. The van der Waals surface area contributed by atoms with E-state index in [0.717, 1.165) is 18.8 Å². The minimum absolute atomic E-state index is 0.279. The van der Waals surface area contributed by atoms with Crippen molar-refractivity contribution in [3.8, 4) is 6.07 Å². The molecule has 0 saturated heterocycles. The SMILES string of the molecule is CCCCCc1ccc(CCCC[C@H]2CC[C@H](/C=C(/F)C#N)CC2)cc1. The number of hydrogen-bond donors (Lipinski definition) is 0. The molecule has 0 unspecified atom stereocenters. The highest BCUT2D eigenvalue weighted by Gasteiger charge is 2.20. The van der Waals surface area contributed by atoms with Gasteiger partial charge in [-0.1, -0.05) is 56.9 Å². The highest BCUT2D eigenvalue weighted by Crippen LogP contribution is 2.33. The molecule has 0 bridgehead atoms. The molecular weight excluding hydrogens is 321 g/mol. The van der Waals surface area contributed by atoms with Crippen molar-refractivity contribution >= 4 is 0 Å². The van der Waals surface area contributed by atoms with E-state index in [2.05, 4.69) is 31.2 Å². The Morgan fingerprint density at radius 3 is 2.12 bits per heavy atom. The Morgan fingerprint density at radius 2 is 1.58 bits per heavy atom. The van der Waals surface area contributed by atoms with E-state index in [9.17, 15) is 4.39 Å². The van der Waals surface area contributed by atoms with Crippen molar-refractivity contribution in [3.05, 3.63) is 47.3 Å². The molecule has 1 saturated carbocycles. The van der Waals surface area contributed by atoms with Crippen molar-refractivity contribution in [2.75, 3.05) is 0 Å². The molecule has 1 fully saturated rings. The zero-order chi connectivity index (χ0) is 18.6. The van der Waals surface area contributed by atoms with Crippen LogP contribution in [0.1, 0.15) is 82.3 Å². The lowest BCUT2D eigenvalue weighted by Crippen LogP contribution is -2.13. The van der Waals surface area contributed by atoms with Crippen molar-refractivity contribution < 1.29 is 4.39 Å². The lowest BCUT2D eigenvalue weighted by Gasteiger charge is -2.26. The first-order chi connectivity index (χ1) is 12.7. The van der Waals surface area contributed by atoms with Gasteiger partial charge < -0.3 is 0 Å². The van der Waals surface area contributed by atoms with Crippen molar-refractivity contribution in [2.45, 2.75) is 84.0 Å². The second-order valence-corrected chi connectivity index (χ2v) is 7.93. The predicted octanol–water partition coefficient (Wildman–Crippen LogP) is 7.32. The van der Waals surface area contributed by atoms with Crippen LogP contribution >= 0.6 is 0 Å². The van der Waals surface area contributed by atoms with Crippen molar-refractivity contribution in [3.63, 3.8) is 0 Å². The van der Waals surface area contributed by atoms with Crippen LogP contribution in [-0.2, 0) is 12.8 Å². The normalized spacial score (nSPS) is 20.7. The number of nitriles is 1. The molecule has 0 amide bonds. The molecule has 26 heavy (non-hydrogen) atoms. The summed E-state index contributed by atoms with van der Waals surface area (Å²) in [6, 6.07) is 10.8. The smallest absolute Gasteiger partial charge is 0.195 e. The van der Waals surface area contributed by atoms with Crippen LogP contribution in [0, 0.1) is 23.2 Å². The van der Waals surface area contributed by atoms with Gasteiger partial charge in [-0.05, 0) is 80.4 Å². The molecule has 1 aromatic carbocycles. The zero-order valence-corrected chi connectivity index (χ0v) is 16.4. The van der Waals surface area contributed by atoms with Gasteiger partial charge in [0.05, 0.1) is 0 Å². The molecule has 0 heterocycles. The Labute approximate surface area is 159 Å². The molecule has 1 aliphatic rings. The third kappa shape index (κ3) is 7.73. The van der Waals surface area contributed by atoms with Crippen LogP contribution in [0.2, 0.25) is 0 Å². The molecular formula is C24H34FN. The fraction of sp³-hybridized carbons (Fsp3) is 0.625. The van der Waals surface area contributed by atoms with Gasteiger partial charge in [0.2, 0.25) is 0 Å². The number of allylic oxidation sites excluding steroid dienone is 2. The minimum Gasteiger partial charge on any atom is -0.195 e. The summed E-state index contributed by atoms with van der Waals surface area (Å²) in [5.41, 5.74) is 2.94. The third-order valence-electron chi connectivity index (χ3n) is 5.80. The van der Waals surface area contributed by atoms with Gasteiger partial charge >= 0.3 is 0 Å². The van der Waals surface area contributed by atoms with Crippen LogP contribution in [0.25, 0.3) is 0 Å². The summed E-state index contributed by atoms with van der Waals surface area (Å²) >= 11 is 0. The van der Waals surface area contributed by atoms with E-state index in [-0.39, 0.29) is 5.92 Å². The quantitative estimate of drug-likeness (QED) is 0.319. The molecule has 0 spiro atoms. The van der Waals surface area contributed by atoms with E-state index in [1.165, 1.54) is 81.4 Å². The van der Waals surface area contributed by atoms with Gasteiger partial charge in [0.15, 0.2) is 5.83 Å². The number of hydrogen-bond acceptors (Lipinski definition) is 1. The molecule has 1 nitrogen and oxygen atoms in total. The lowest BCUT2D eigenvalue weighted by atomic mass is 9.79. The first-order valence-corrected chi connectivity index (χ1v) is 10.6. The van der Waals surface area contributed by atoms with Gasteiger partial charge in [-0.3, -0.25) is 0 Å². The minimum atomic E-state index is -0.607. The standard InChI is InChI=1S/C24H34FN/c1-2-3-4-7-20-10-12-21(13-11-20)8-5-6-9-22-14-16-23(17-15-22)18-24(25)19-26/h10-13,18,22-23H,2-9,14-17H2,1H3/b24-18+/t22-,23-. The van der Waals surface area contributed by atoms with E-state index in [1.54, 1.807) is 6.07 Å². The maximum Gasteiger partial charge on any atom is 0.196 e. The second kappa shape index (κ2) is 11.9. The molecule has 2 heteroatoms. The summed E-state index contributed by atoms with van der Waals surface area (Å²) in [5.74, 6) is 0.470. The van der Waals surface area contributed by atoms with Crippen LogP contribution in [0.5, 0.6) is 0 Å². The molecule has 0 N–H and O–H groups in total. The van der Waals surface area contributed by atoms with Gasteiger partial charge in [0, 0.05) is 0 Å². The van der Waals surface area contributed by atoms with E-state index in [0.29, 0.717) is 0 Å².